The fraction of sp³-hybridized carbons (Fsp3) is 0.222. The molecular formula is C18H18O3. The number of ketones is 1. The van der Waals surface area contributed by atoms with Gasteiger partial charge in [0, 0.05) is 11.1 Å². The summed E-state index contributed by atoms with van der Waals surface area (Å²) in [6.45, 7) is 5.61. The number of hydrogen-bond acceptors (Lipinski definition) is 3. The predicted molar refractivity (Wildman–Crippen MR) is 82.4 cm³/mol. The Morgan fingerprint density at radius 1 is 1.14 bits per heavy atom. The fourth-order valence-electron chi connectivity index (χ4n) is 2.09. The highest BCUT2D eigenvalue weighted by Gasteiger charge is 2.11. The first kappa shape index (κ1) is 15.0. The maximum atomic E-state index is 11.4. The van der Waals surface area contributed by atoms with Gasteiger partial charge in [-0.1, -0.05) is 26.0 Å². The number of aldehydes is 1. The van der Waals surface area contributed by atoms with Crippen molar-refractivity contribution in [1.82, 2.24) is 0 Å². The monoisotopic (exact) mass is 282 g/mol. The first-order chi connectivity index (χ1) is 10.0. The highest BCUT2D eigenvalue weighted by atomic mass is 16.5. The lowest BCUT2D eigenvalue weighted by Gasteiger charge is -2.14. The Morgan fingerprint density at radius 3 is 2.52 bits per heavy atom. The molecule has 0 heterocycles. The van der Waals surface area contributed by atoms with Crippen molar-refractivity contribution >= 4 is 12.1 Å². The fourth-order valence-corrected chi connectivity index (χ4v) is 2.09. The molecule has 0 fully saturated rings. The lowest BCUT2D eigenvalue weighted by atomic mass is 10.00. The van der Waals surface area contributed by atoms with Gasteiger partial charge in [-0.3, -0.25) is 9.59 Å². The van der Waals surface area contributed by atoms with Crippen LogP contribution in [-0.2, 0) is 0 Å². The van der Waals surface area contributed by atoms with Gasteiger partial charge >= 0.3 is 0 Å². The van der Waals surface area contributed by atoms with Crippen LogP contribution in [0.15, 0.2) is 42.5 Å². The summed E-state index contributed by atoms with van der Waals surface area (Å²) in [5, 5.41) is 0. The standard InChI is InChI=1S/C18H18O3/c1-12(2)17-9-14(11-19)7-8-18(17)21-16-6-4-5-15(10-16)13(3)20/h4-12H,1-3H3. The lowest BCUT2D eigenvalue weighted by molar-refractivity contribution is 0.101. The van der Waals surface area contributed by atoms with Crippen LogP contribution in [0.1, 0.15) is 53.0 Å². The molecular weight excluding hydrogens is 264 g/mol. The van der Waals surface area contributed by atoms with E-state index in [-0.39, 0.29) is 11.7 Å². The molecule has 21 heavy (non-hydrogen) atoms. The number of Topliss-reactive ketones (excluding diaryl/α,β-unsaturated/α-hetero) is 1. The van der Waals surface area contributed by atoms with E-state index in [9.17, 15) is 9.59 Å². The Kier molecular flexibility index (Phi) is 4.53. The number of ether oxygens (including phenoxy) is 1. The van der Waals surface area contributed by atoms with Gasteiger partial charge in [0.15, 0.2) is 5.78 Å². The minimum absolute atomic E-state index is 0.000774. The van der Waals surface area contributed by atoms with Crippen molar-refractivity contribution in [3.05, 3.63) is 59.2 Å². The van der Waals surface area contributed by atoms with E-state index in [0.29, 0.717) is 22.6 Å². The lowest BCUT2D eigenvalue weighted by Crippen LogP contribution is -1.97. The molecule has 0 N–H and O–H groups in total. The molecule has 0 bridgehead atoms. The van der Waals surface area contributed by atoms with Gasteiger partial charge in [-0.15, -0.1) is 0 Å². The van der Waals surface area contributed by atoms with Crippen molar-refractivity contribution < 1.29 is 14.3 Å². The highest BCUT2D eigenvalue weighted by molar-refractivity contribution is 5.94. The molecule has 3 heteroatoms. The van der Waals surface area contributed by atoms with E-state index in [0.717, 1.165) is 11.8 Å². The molecule has 0 aliphatic heterocycles. The van der Waals surface area contributed by atoms with Crippen molar-refractivity contribution in [2.45, 2.75) is 26.7 Å². The van der Waals surface area contributed by atoms with Crippen LogP contribution in [-0.4, -0.2) is 12.1 Å². The Balaban J connectivity index is 2.37. The molecule has 0 aromatic heterocycles. The number of benzene rings is 2. The van der Waals surface area contributed by atoms with E-state index in [1.54, 1.807) is 30.3 Å². The SMILES string of the molecule is CC(=O)c1cccc(Oc2ccc(C=O)cc2C(C)C)c1. The first-order valence-electron chi connectivity index (χ1n) is 6.89. The van der Waals surface area contributed by atoms with E-state index < -0.39 is 0 Å². The third-order valence-corrected chi connectivity index (χ3v) is 3.26. The van der Waals surface area contributed by atoms with E-state index in [2.05, 4.69) is 0 Å². The normalized spacial score (nSPS) is 10.5. The van der Waals surface area contributed by atoms with Crippen LogP contribution in [0.5, 0.6) is 11.5 Å². The maximum Gasteiger partial charge on any atom is 0.159 e. The van der Waals surface area contributed by atoms with E-state index >= 15 is 0 Å². The van der Waals surface area contributed by atoms with Crippen molar-refractivity contribution in [3.63, 3.8) is 0 Å². The largest absolute Gasteiger partial charge is 0.457 e. The van der Waals surface area contributed by atoms with Gasteiger partial charge in [0.1, 0.15) is 17.8 Å². The molecule has 108 valence electrons. The third-order valence-electron chi connectivity index (χ3n) is 3.26. The van der Waals surface area contributed by atoms with Crippen molar-refractivity contribution in [1.29, 1.82) is 0 Å². The molecule has 2 aromatic carbocycles. The second-order valence-electron chi connectivity index (χ2n) is 5.26. The van der Waals surface area contributed by atoms with Gasteiger partial charge in [0.05, 0.1) is 0 Å². The Labute approximate surface area is 124 Å². The van der Waals surface area contributed by atoms with Crippen LogP contribution in [0.2, 0.25) is 0 Å². The number of carbonyl (C=O) groups is 2. The van der Waals surface area contributed by atoms with Crippen LogP contribution in [0, 0.1) is 0 Å². The summed E-state index contributed by atoms with van der Waals surface area (Å²) in [4.78, 5) is 22.3. The zero-order valence-electron chi connectivity index (χ0n) is 12.4. The second kappa shape index (κ2) is 6.35. The van der Waals surface area contributed by atoms with Gasteiger partial charge in [0.2, 0.25) is 0 Å². The number of rotatable bonds is 5. The molecule has 0 unspecified atom stereocenters. The smallest absolute Gasteiger partial charge is 0.159 e. The van der Waals surface area contributed by atoms with Crippen molar-refractivity contribution in [3.8, 4) is 11.5 Å². The molecule has 0 spiro atoms. The number of hydrogen-bond donors (Lipinski definition) is 0. The first-order valence-corrected chi connectivity index (χ1v) is 6.89. The van der Waals surface area contributed by atoms with Gasteiger partial charge < -0.3 is 4.74 Å². The summed E-state index contributed by atoms with van der Waals surface area (Å²) in [7, 11) is 0. The molecule has 2 rings (SSSR count). The molecule has 0 radical (unpaired) electrons. The Morgan fingerprint density at radius 2 is 1.90 bits per heavy atom. The molecule has 0 amide bonds. The molecule has 0 saturated heterocycles. The van der Waals surface area contributed by atoms with Crippen molar-refractivity contribution in [2.24, 2.45) is 0 Å². The zero-order chi connectivity index (χ0) is 15.4. The molecule has 0 saturated carbocycles. The highest BCUT2D eigenvalue weighted by Crippen LogP contribution is 2.31. The summed E-state index contributed by atoms with van der Waals surface area (Å²) in [5.74, 6) is 1.55. The Hall–Kier alpha value is -2.42. The minimum Gasteiger partial charge on any atom is -0.457 e. The minimum atomic E-state index is 0.000774. The molecule has 0 aliphatic rings. The van der Waals surface area contributed by atoms with E-state index in [1.165, 1.54) is 6.92 Å². The summed E-state index contributed by atoms with van der Waals surface area (Å²) in [6, 6.07) is 12.4. The van der Waals surface area contributed by atoms with E-state index in [4.69, 9.17) is 4.74 Å². The van der Waals surface area contributed by atoms with Gasteiger partial charge in [0.25, 0.3) is 0 Å². The summed E-state index contributed by atoms with van der Waals surface area (Å²) < 4.78 is 5.89. The Bertz CT molecular complexity index is 672. The van der Waals surface area contributed by atoms with Gasteiger partial charge in [-0.25, -0.2) is 0 Å². The molecule has 3 nitrogen and oxygen atoms in total. The molecule has 0 atom stereocenters. The summed E-state index contributed by atoms with van der Waals surface area (Å²) in [5.41, 5.74) is 2.21. The summed E-state index contributed by atoms with van der Waals surface area (Å²) in [6.07, 6.45) is 0.825. The summed E-state index contributed by atoms with van der Waals surface area (Å²) >= 11 is 0. The third kappa shape index (κ3) is 3.57. The van der Waals surface area contributed by atoms with Crippen LogP contribution >= 0.6 is 0 Å². The topological polar surface area (TPSA) is 43.4 Å². The van der Waals surface area contributed by atoms with Gasteiger partial charge in [-0.2, -0.15) is 0 Å². The van der Waals surface area contributed by atoms with E-state index in [1.807, 2.05) is 26.0 Å². The molecule has 0 aliphatic carbocycles. The maximum absolute atomic E-state index is 11.4. The average Bonchev–Trinajstić information content (AvgIpc) is 2.47. The number of carbonyl (C=O) groups excluding carboxylic acids is 2. The predicted octanol–water partition coefficient (Wildman–Crippen LogP) is 4.62. The van der Waals surface area contributed by atoms with Crippen LogP contribution in [0.3, 0.4) is 0 Å². The van der Waals surface area contributed by atoms with Crippen LogP contribution in [0.25, 0.3) is 0 Å². The van der Waals surface area contributed by atoms with Gasteiger partial charge in [-0.05, 0) is 48.7 Å². The average molecular weight is 282 g/mol. The zero-order valence-corrected chi connectivity index (χ0v) is 12.4. The van der Waals surface area contributed by atoms with Crippen LogP contribution < -0.4 is 4.74 Å². The molecule has 2 aromatic rings. The quantitative estimate of drug-likeness (QED) is 0.593. The van der Waals surface area contributed by atoms with Crippen LogP contribution in [0.4, 0.5) is 0 Å². The van der Waals surface area contributed by atoms with Crippen molar-refractivity contribution in [2.75, 3.05) is 0 Å². The second-order valence-corrected chi connectivity index (χ2v) is 5.26.